The lowest BCUT2D eigenvalue weighted by Crippen LogP contribution is -2.39. The molecule has 0 radical (unpaired) electrons. The van der Waals surface area contributed by atoms with Gasteiger partial charge in [-0.3, -0.25) is 4.90 Å². The van der Waals surface area contributed by atoms with Crippen LogP contribution in [0, 0.1) is 0 Å². The maximum absolute atomic E-state index is 5.77. The quantitative estimate of drug-likeness (QED) is 0.773. The van der Waals surface area contributed by atoms with Crippen LogP contribution in [0.15, 0.2) is 30.3 Å². The summed E-state index contributed by atoms with van der Waals surface area (Å²) in [7, 11) is 0. The topological polar surface area (TPSA) is 29.3 Å². The second kappa shape index (κ2) is 6.59. The first kappa shape index (κ1) is 12.2. The molecule has 84 valence electrons. The molecule has 0 aliphatic heterocycles. The average molecular weight is 206 g/mol. The zero-order chi connectivity index (χ0) is 11.1. The van der Waals surface area contributed by atoms with Gasteiger partial charge >= 0.3 is 0 Å². The Labute approximate surface area is 93.1 Å². The minimum atomic E-state index is 0.509. The molecule has 0 saturated heterocycles. The lowest BCUT2D eigenvalue weighted by molar-refractivity contribution is 0.197. The van der Waals surface area contributed by atoms with Crippen molar-refractivity contribution in [3.63, 3.8) is 0 Å². The number of rotatable bonds is 6. The Hall–Kier alpha value is -0.860. The Morgan fingerprint density at radius 1 is 1.20 bits per heavy atom. The van der Waals surface area contributed by atoms with E-state index in [2.05, 4.69) is 49.1 Å². The van der Waals surface area contributed by atoms with Crippen LogP contribution in [-0.4, -0.2) is 24.0 Å². The third-order valence-electron chi connectivity index (χ3n) is 2.89. The van der Waals surface area contributed by atoms with E-state index in [1.807, 2.05) is 0 Å². The maximum Gasteiger partial charge on any atom is 0.0237 e. The molecular formula is C13H22N2. The zero-order valence-electron chi connectivity index (χ0n) is 9.82. The molecule has 1 aromatic rings. The highest BCUT2D eigenvalue weighted by Crippen LogP contribution is 2.09. The molecular weight excluding hydrogens is 184 g/mol. The third kappa shape index (κ3) is 3.65. The highest BCUT2D eigenvalue weighted by Gasteiger charge is 2.13. The van der Waals surface area contributed by atoms with E-state index in [9.17, 15) is 0 Å². The number of hydrogen-bond acceptors (Lipinski definition) is 2. The predicted molar refractivity (Wildman–Crippen MR) is 65.7 cm³/mol. The molecule has 0 aliphatic rings. The molecule has 1 atom stereocenters. The van der Waals surface area contributed by atoms with Gasteiger partial charge < -0.3 is 5.73 Å². The molecule has 15 heavy (non-hydrogen) atoms. The van der Waals surface area contributed by atoms with Gasteiger partial charge in [-0.2, -0.15) is 0 Å². The van der Waals surface area contributed by atoms with Gasteiger partial charge in [-0.1, -0.05) is 44.2 Å². The largest absolute Gasteiger partial charge is 0.329 e. The summed E-state index contributed by atoms with van der Waals surface area (Å²) in [5.74, 6) is 0. The number of hydrogen-bond donors (Lipinski definition) is 1. The van der Waals surface area contributed by atoms with E-state index in [4.69, 9.17) is 5.73 Å². The summed E-state index contributed by atoms with van der Waals surface area (Å²) >= 11 is 0. The molecule has 0 heterocycles. The van der Waals surface area contributed by atoms with Crippen molar-refractivity contribution in [3.05, 3.63) is 35.9 Å². The molecule has 0 amide bonds. The molecule has 0 aliphatic carbocycles. The Morgan fingerprint density at radius 2 is 1.87 bits per heavy atom. The second-order valence-corrected chi connectivity index (χ2v) is 3.85. The first-order valence-corrected chi connectivity index (χ1v) is 5.79. The molecule has 2 heteroatoms. The van der Waals surface area contributed by atoms with Crippen molar-refractivity contribution in [2.75, 3.05) is 13.1 Å². The van der Waals surface area contributed by atoms with E-state index in [0.717, 1.165) is 26.1 Å². The highest BCUT2D eigenvalue weighted by molar-refractivity contribution is 5.14. The van der Waals surface area contributed by atoms with Crippen LogP contribution in [-0.2, 0) is 6.54 Å². The second-order valence-electron chi connectivity index (χ2n) is 3.85. The van der Waals surface area contributed by atoms with Gasteiger partial charge in [0.25, 0.3) is 0 Å². The molecule has 1 unspecified atom stereocenters. The SMILES string of the molecule is CCC(CN)N(CC)Cc1ccccc1. The van der Waals surface area contributed by atoms with Gasteiger partial charge in [0.15, 0.2) is 0 Å². The van der Waals surface area contributed by atoms with E-state index in [1.165, 1.54) is 5.56 Å². The van der Waals surface area contributed by atoms with Crippen molar-refractivity contribution in [2.24, 2.45) is 5.73 Å². The summed E-state index contributed by atoms with van der Waals surface area (Å²) in [5.41, 5.74) is 7.14. The molecule has 1 aromatic carbocycles. The van der Waals surface area contributed by atoms with E-state index in [0.29, 0.717) is 6.04 Å². The van der Waals surface area contributed by atoms with E-state index in [-0.39, 0.29) is 0 Å². The standard InChI is InChI=1S/C13H22N2/c1-3-13(10-14)15(4-2)11-12-8-6-5-7-9-12/h5-9,13H,3-4,10-11,14H2,1-2H3. The molecule has 2 N–H and O–H groups in total. The maximum atomic E-state index is 5.77. The van der Waals surface area contributed by atoms with Gasteiger partial charge in [0.05, 0.1) is 0 Å². The summed E-state index contributed by atoms with van der Waals surface area (Å²) in [6, 6.07) is 11.1. The van der Waals surface area contributed by atoms with Crippen molar-refractivity contribution < 1.29 is 0 Å². The van der Waals surface area contributed by atoms with Crippen LogP contribution in [0.3, 0.4) is 0 Å². The van der Waals surface area contributed by atoms with Crippen molar-refractivity contribution in [2.45, 2.75) is 32.9 Å². The Morgan fingerprint density at radius 3 is 2.33 bits per heavy atom. The van der Waals surface area contributed by atoms with E-state index < -0.39 is 0 Å². The van der Waals surface area contributed by atoms with Crippen molar-refractivity contribution in [1.29, 1.82) is 0 Å². The van der Waals surface area contributed by atoms with Crippen LogP contribution in [0.5, 0.6) is 0 Å². The van der Waals surface area contributed by atoms with Gasteiger partial charge in [0, 0.05) is 19.1 Å². The van der Waals surface area contributed by atoms with Crippen LogP contribution in [0.1, 0.15) is 25.8 Å². The molecule has 1 rings (SSSR count). The monoisotopic (exact) mass is 206 g/mol. The number of nitrogens with two attached hydrogens (primary N) is 1. The molecule has 0 saturated carbocycles. The number of benzene rings is 1. The smallest absolute Gasteiger partial charge is 0.0237 e. The van der Waals surface area contributed by atoms with Gasteiger partial charge in [-0.25, -0.2) is 0 Å². The summed E-state index contributed by atoms with van der Waals surface area (Å²) in [6.07, 6.45) is 1.12. The van der Waals surface area contributed by atoms with Crippen LogP contribution in [0.4, 0.5) is 0 Å². The van der Waals surface area contributed by atoms with Crippen molar-refractivity contribution in [1.82, 2.24) is 4.90 Å². The minimum absolute atomic E-state index is 0.509. The number of nitrogens with zero attached hydrogens (tertiary/aromatic N) is 1. The third-order valence-corrected chi connectivity index (χ3v) is 2.89. The van der Waals surface area contributed by atoms with Crippen LogP contribution in [0.25, 0.3) is 0 Å². The van der Waals surface area contributed by atoms with Crippen LogP contribution >= 0.6 is 0 Å². The molecule has 0 fully saturated rings. The number of likely N-dealkylation sites (N-methyl/N-ethyl adjacent to an activating group) is 1. The van der Waals surface area contributed by atoms with Gasteiger partial charge in [-0.15, -0.1) is 0 Å². The molecule has 0 spiro atoms. The van der Waals surface area contributed by atoms with Crippen molar-refractivity contribution >= 4 is 0 Å². The van der Waals surface area contributed by atoms with E-state index in [1.54, 1.807) is 0 Å². The van der Waals surface area contributed by atoms with Gasteiger partial charge in [0.1, 0.15) is 0 Å². The van der Waals surface area contributed by atoms with Gasteiger partial charge in [0.2, 0.25) is 0 Å². The zero-order valence-corrected chi connectivity index (χ0v) is 9.82. The summed E-state index contributed by atoms with van der Waals surface area (Å²) in [4.78, 5) is 2.44. The molecule has 0 aromatic heterocycles. The Kier molecular flexibility index (Phi) is 5.37. The summed E-state index contributed by atoms with van der Waals surface area (Å²) in [6.45, 7) is 7.21. The Bertz CT molecular complexity index is 254. The van der Waals surface area contributed by atoms with Crippen molar-refractivity contribution in [3.8, 4) is 0 Å². The molecule has 0 bridgehead atoms. The van der Waals surface area contributed by atoms with E-state index >= 15 is 0 Å². The van der Waals surface area contributed by atoms with Crippen LogP contribution in [0.2, 0.25) is 0 Å². The average Bonchev–Trinajstić information content (AvgIpc) is 2.30. The first-order chi connectivity index (χ1) is 7.31. The highest BCUT2D eigenvalue weighted by atomic mass is 15.2. The van der Waals surface area contributed by atoms with Crippen LogP contribution < -0.4 is 5.73 Å². The lowest BCUT2D eigenvalue weighted by atomic mass is 10.1. The lowest BCUT2D eigenvalue weighted by Gasteiger charge is -2.28. The Balaban J connectivity index is 2.61. The normalized spacial score (nSPS) is 13.1. The fourth-order valence-electron chi connectivity index (χ4n) is 1.89. The molecule has 2 nitrogen and oxygen atoms in total. The van der Waals surface area contributed by atoms with Gasteiger partial charge in [-0.05, 0) is 18.5 Å². The summed E-state index contributed by atoms with van der Waals surface area (Å²) in [5, 5.41) is 0. The minimum Gasteiger partial charge on any atom is -0.329 e. The fraction of sp³-hybridized carbons (Fsp3) is 0.538. The predicted octanol–water partition coefficient (Wildman–Crippen LogP) is 2.25. The first-order valence-electron chi connectivity index (χ1n) is 5.79. The fourth-order valence-corrected chi connectivity index (χ4v) is 1.89. The summed E-state index contributed by atoms with van der Waals surface area (Å²) < 4.78 is 0.